The molecule has 0 amide bonds. The number of carbonyl (C=O) groups excluding carboxylic acids is 2. The third-order valence-corrected chi connectivity index (χ3v) is 5.69. The predicted octanol–water partition coefficient (Wildman–Crippen LogP) is 4.04. The second-order valence-corrected chi connectivity index (χ2v) is 7.82. The van der Waals surface area contributed by atoms with E-state index in [0.29, 0.717) is 16.9 Å². The van der Waals surface area contributed by atoms with Gasteiger partial charge in [-0.15, -0.1) is 0 Å². The quantitative estimate of drug-likeness (QED) is 0.426. The summed E-state index contributed by atoms with van der Waals surface area (Å²) in [6, 6.07) is 20.3. The van der Waals surface area contributed by atoms with Crippen LogP contribution in [0.1, 0.15) is 16.7 Å². The van der Waals surface area contributed by atoms with E-state index in [-0.39, 0.29) is 12.2 Å². The number of carbonyl (C=O) groups is 2. The van der Waals surface area contributed by atoms with Crippen molar-refractivity contribution in [3.05, 3.63) is 107 Å². The van der Waals surface area contributed by atoms with Crippen molar-refractivity contribution in [2.24, 2.45) is 0 Å². The lowest BCUT2D eigenvalue weighted by molar-refractivity contribution is -0.218. The van der Waals surface area contributed by atoms with Crippen molar-refractivity contribution in [3.63, 3.8) is 0 Å². The Morgan fingerprint density at radius 2 is 1.47 bits per heavy atom. The largest absolute Gasteiger partial charge is 0.497 e. The zero-order chi connectivity index (χ0) is 26.2. The van der Waals surface area contributed by atoms with Gasteiger partial charge in [0.1, 0.15) is 11.6 Å². The summed E-state index contributed by atoms with van der Waals surface area (Å²) in [7, 11) is 3.67. The molecule has 0 fully saturated rings. The Morgan fingerprint density at radius 3 is 2.03 bits per heavy atom. The van der Waals surface area contributed by atoms with Gasteiger partial charge < -0.3 is 24.1 Å². The Kier molecular flexibility index (Phi) is 8.58. The minimum atomic E-state index is -2.70. The Labute approximate surface area is 208 Å². The van der Waals surface area contributed by atoms with Gasteiger partial charge >= 0.3 is 11.9 Å². The standard InChI is InChI=1S/C28H27FO7/c1-33-24-15-11-22(12-16-24)28(26(31)35-3,36-19-21-7-5-4-6-8-21)27(32,25(30)34-2)18-17-20-9-13-23(29)14-10-20/h4-18,32H,19H2,1-3H3/b18-17+/t27-,28+/m0/s1. The van der Waals surface area contributed by atoms with Crippen molar-refractivity contribution < 1.29 is 38.0 Å². The van der Waals surface area contributed by atoms with Gasteiger partial charge in [0.2, 0.25) is 11.2 Å². The molecule has 1 N–H and O–H groups in total. The summed E-state index contributed by atoms with van der Waals surface area (Å²) in [6.45, 7) is -0.161. The smallest absolute Gasteiger partial charge is 0.346 e. The zero-order valence-corrected chi connectivity index (χ0v) is 20.1. The molecule has 0 heterocycles. The summed E-state index contributed by atoms with van der Waals surface area (Å²) in [5.41, 5.74) is -3.85. The van der Waals surface area contributed by atoms with Crippen molar-refractivity contribution in [1.82, 2.24) is 0 Å². The summed E-state index contributed by atoms with van der Waals surface area (Å²) < 4.78 is 34.8. The Bertz CT molecular complexity index is 1190. The Balaban J connectivity index is 2.25. The molecule has 0 spiro atoms. The molecule has 0 aliphatic rings. The van der Waals surface area contributed by atoms with Crippen LogP contribution in [-0.4, -0.2) is 44.0 Å². The molecule has 0 aliphatic carbocycles. The highest BCUT2D eigenvalue weighted by Gasteiger charge is 2.63. The third kappa shape index (κ3) is 5.30. The van der Waals surface area contributed by atoms with Gasteiger partial charge in [0, 0.05) is 0 Å². The number of benzene rings is 3. The number of esters is 2. The van der Waals surface area contributed by atoms with Crippen LogP contribution < -0.4 is 4.74 Å². The Hall–Kier alpha value is -4.01. The van der Waals surface area contributed by atoms with Crippen LogP contribution in [0.2, 0.25) is 0 Å². The van der Waals surface area contributed by atoms with Gasteiger partial charge in [-0.2, -0.15) is 0 Å². The van der Waals surface area contributed by atoms with Crippen molar-refractivity contribution in [2.75, 3.05) is 21.3 Å². The molecule has 0 bridgehead atoms. The van der Waals surface area contributed by atoms with Gasteiger partial charge in [0.25, 0.3) is 0 Å². The number of hydrogen-bond acceptors (Lipinski definition) is 7. The predicted molar refractivity (Wildman–Crippen MR) is 130 cm³/mol. The molecule has 3 aromatic rings. The lowest BCUT2D eigenvalue weighted by Crippen LogP contribution is -2.62. The molecule has 0 saturated heterocycles. The highest BCUT2D eigenvalue weighted by atomic mass is 19.1. The molecule has 2 atom stereocenters. The first kappa shape index (κ1) is 26.6. The maximum atomic E-state index is 13.5. The van der Waals surface area contributed by atoms with Crippen molar-refractivity contribution in [2.45, 2.75) is 17.8 Å². The lowest BCUT2D eigenvalue weighted by Gasteiger charge is -2.41. The van der Waals surface area contributed by atoms with Crippen LogP contribution in [0.5, 0.6) is 5.75 Å². The third-order valence-electron chi connectivity index (χ3n) is 5.69. The van der Waals surface area contributed by atoms with E-state index in [1.165, 1.54) is 49.6 Å². The van der Waals surface area contributed by atoms with Gasteiger partial charge in [-0.25, -0.2) is 14.0 Å². The first-order valence-corrected chi connectivity index (χ1v) is 11.0. The van der Waals surface area contributed by atoms with E-state index < -0.39 is 29.0 Å². The summed E-state index contributed by atoms with van der Waals surface area (Å²) in [5, 5.41) is 12.0. The number of ether oxygens (including phenoxy) is 4. The topological polar surface area (TPSA) is 91.3 Å². The maximum Gasteiger partial charge on any atom is 0.346 e. The fraction of sp³-hybridized carbons (Fsp3) is 0.214. The van der Waals surface area contributed by atoms with E-state index >= 15 is 0 Å². The number of halogens is 1. The molecule has 3 rings (SSSR count). The van der Waals surface area contributed by atoms with Crippen LogP contribution in [0, 0.1) is 5.82 Å². The second kappa shape index (κ2) is 11.6. The average Bonchev–Trinajstić information content (AvgIpc) is 2.93. The van der Waals surface area contributed by atoms with E-state index in [9.17, 15) is 19.1 Å². The van der Waals surface area contributed by atoms with Gasteiger partial charge in [-0.05, 0) is 47.0 Å². The molecule has 0 aliphatic heterocycles. The first-order chi connectivity index (χ1) is 17.3. The lowest BCUT2D eigenvalue weighted by atomic mass is 9.76. The first-order valence-electron chi connectivity index (χ1n) is 11.0. The van der Waals surface area contributed by atoms with E-state index in [1.54, 1.807) is 36.4 Å². The zero-order valence-electron chi connectivity index (χ0n) is 20.1. The van der Waals surface area contributed by atoms with E-state index in [1.807, 2.05) is 6.07 Å². The number of hydrogen-bond donors (Lipinski definition) is 1. The van der Waals surface area contributed by atoms with Crippen molar-refractivity contribution >= 4 is 18.0 Å². The molecule has 7 nitrogen and oxygen atoms in total. The highest BCUT2D eigenvalue weighted by Crippen LogP contribution is 2.42. The molecule has 36 heavy (non-hydrogen) atoms. The van der Waals surface area contributed by atoms with Crippen LogP contribution in [-0.2, 0) is 36.0 Å². The number of methoxy groups -OCH3 is 3. The monoisotopic (exact) mass is 494 g/mol. The Morgan fingerprint density at radius 1 is 0.861 bits per heavy atom. The molecule has 8 heteroatoms. The number of aliphatic hydroxyl groups is 1. The molecule has 0 saturated carbocycles. The van der Waals surface area contributed by atoms with Crippen LogP contribution >= 0.6 is 0 Å². The molecule has 0 unspecified atom stereocenters. The van der Waals surface area contributed by atoms with E-state index in [4.69, 9.17) is 18.9 Å². The van der Waals surface area contributed by atoms with Gasteiger partial charge in [0.05, 0.1) is 27.9 Å². The van der Waals surface area contributed by atoms with Crippen LogP contribution in [0.25, 0.3) is 6.08 Å². The van der Waals surface area contributed by atoms with Crippen molar-refractivity contribution in [1.29, 1.82) is 0 Å². The summed E-state index contributed by atoms with van der Waals surface area (Å²) in [5.74, 6) is -2.19. The fourth-order valence-corrected chi connectivity index (χ4v) is 3.76. The molecular formula is C28H27FO7. The minimum Gasteiger partial charge on any atom is -0.497 e. The number of rotatable bonds is 10. The SMILES string of the molecule is COC(=O)[C@@](O)(/C=C/c1ccc(F)cc1)[C@](OCc1ccccc1)(C(=O)OC)c1ccc(OC)cc1. The maximum absolute atomic E-state index is 13.5. The second-order valence-electron chi connectivity index (χ2n) is 7.82. The van der Waals surface area contributed by atoms with Crippen LogP contribution in [0.4, 0.5) is 4.39 Å². The molecule has 0 aromatic heterocycles. The summed E-state index contributed by atoms with van der Waals surface area (Å²) >= 11 is 0. The van der Waals surface area contributed by atoms with Crippen LogP contribution in [0.15, 0.2) is 84.9 Å². The normalized spacial score (nSPS) is 14.5. The van der Waals surface area contributed by atoms with E-state index in [0.717, 1.165) is 20.3 Å². The highest BCUT2D eigenvalue weighted by molar-refractivity contribution is 5.96. The molecule has 0 radical (unpaired) electrons. The molecule has 188 valence electrons. The fourth-order valence-electron chi connectivity index (χ4n) is 3.76. The molecular weight excluding hydrogens is 467 g/mol. The van der Waals surface area contributed by atoms with E-state index in [2.05, 4.69) is 0 Å². The average molecular weight is 495 g/mol. The van der Waals surface area contributed by atoms with Crippen LogP contribution in [0.3, 0.4) is 0 Å². The van der Waals surface area contributed by atoms with Crippen molar-refractivity contribution in [3.8, 4) is 5.75 Å². The summed E-state index contributed by atoms with van der Waals surface area (Å²) in [6.07, 6.45) is 2.45. The van der Waals surface area contributed by atoms with Gasteiger partial charge in [-0.1, -0.05) is 60.7 Å². The minimum absolute atomic E-state index is 0.114. The summed E-state index contributed by atoms with van der Waals surface area (Å²) in [4.78, 5) is 26.7. The molecule has 3 aromatic carbocycles. The van der Waals surface area contributed by atoms with Gasteiger partial charge in [0.15, 0.2) is 0 Å². The van der Waals surface area contributed by atoms with Gasteiger partial charge in [-0.3, -0.25) is 0 Å².